The minimum Gasteiger partial charge on any atom is -0.459 e. The van der Waals surface area contributed by atoms with Gasteiger partial charge in [0.2, 0.25) is 11.9 Å². The number of benzene rings is 2. The predicted octanol–water partition coefficient (Wildman–Crippen LogP) is 5.80. The van der Waals surface area contributed by atoms with Crippen molar-refractivity contribution in [3.05, 3.63) is 88.3 Å². The van der Waals surface area contributed by atoms with Crippen LogP contribution >= 0.6 is 0 Å². The molecule has 1 aliphatic heterocycles. The van der Waals surface area contributed by atoms with Crippen molar-refractivity contribution in [3.8, 4) is 16.9 Å². The molecule has 0 fully saturated rings. The molecule has 274 valence electrons. The molecule has 1 amide bonds. The number of aryl methyl sites for hydroxylation is 2. The third-order valence-corrected chi connectivity index (χ3v) is 9.37. The predicted molar refractivity (Wildman–Crippen MR) is 187 cm³/mol. The van der Waals surface area contributed by atoms with Gasteiger partial charge in [0.15, 0.2) is 0 Å². The van der Waals surface area contributed by atoms with Crippen molar-refractivity contribution in [1.29, 1.82) is 0 Å². The van der Waals surface area contributed by atoms with Crippen LogP contribution in [-0.4, -0.2) is 55.7 Å². The van der Waals surface area contributed by atoms with Crippen LogP contribution in [0.4, 0.5) is 23.5 Å². The first-order valence-corrected chi connectivity index (χ1v) is 17.2. The van der Waals surface area contributed by atoms with Crippen molar-refractivity contribution >= 4 is 28.7 Å². The van der Waals surface area contributed by atoms with E-state index in [1.807, 2.05) is 32.0 Å². The minimum absolute atomic E-state index is 0.118. The van der Waals surface area contributed by atoms with Crippen molar-refractivity contribution in [2.75, 3.05) is 18.0 Å². The Bertz CT molecular complexity index is 2080. The number of halogens is 4. The second kappa shape index (κ2) is 14.7. The Balaban J connectivity index is 1.47. The Morgan fingerprint density at radius 1 is 1.08 bits per heavy atom. The van der Waals surface area contributed by atoms with E-state index in [1.165, 1.54) is 6.07 Å². The van der Waals surface area contributed by atoms with Crippen molar-refractivity contribution in [2.24, 2.45) is 11.7 Å². The molecule has 1 aliphatic rings. The van der Waals surface area contributed by atoms with Gasteiger partial charge in [-0.05, 0) is 42.0 Å². The van der Waals surface area contributed by atoms with E-state index in [4.69, 9.17) is 15.6 Å². The number of alkyl halides is 3. The number of nitrogens with two attached hydrogens (primary N) is 1. The number of hydrogen-bond acceptors (Lipinski definition) is 8. The third-order valence-electron chi connectivity index (χ3n) is 9.37. The van der Waals surface area contributed by atoms with Crippen LogP contribution in [0.5, 0.6) is 0 Å². The van der Waals surface area contributed by atoms with E-state index in [1.54, 1.807) is 35.7 Å². The quantitative estimate of drug-likeness (QED) is 0.115. The molecule has 3 aromatic heterocycles. The number of H-pyrrole nitrogens is 1. The SMILES string of the molecule is CCc1cccc(CC)c1-n1nc2c(c1-c1c(F)cc(COC(=O)C(NC(=O)CN)C(C)C)c3[nH]ccc13)CN(c1ncc(C(F)(F)F)cn1)CC2. The lowest BCUT2D eigenvalue weighted by Crippen LogP contribution is -2.47. The number of amides is 1. The van der Waals surface area contributed by atoms with Crippen LogP contribution in [0.2, 0.25) is 0 Å². The van der Waals surface area contributed by atoms with E-state index in [9.17, 15) is 22.8 Å². The lowest BCUT2D eigenvalue weighted by Gasteiger charge is -2.27. The Morgan fingerprint density at radius 2 is 1.77 bits per heavy atom. The van der Waals surface area contributed by atoms with Gasteiger partial charge >= 0.3 is 12.1 Å². The van der Waals surface area contributed by atoms with Crippen LogP contribution in [0, 0.1) is 11.7 Å². The molecule has 0 aliphatic carbocycles. The van der Waals surface area contributed by atoms with E-state index in [0.717, 1.165) is 34.9 Å². The normalized spacial score (nSPS) is 13.8. The molecule has 4 heterocycles. The zero-order valence-electron chi connectivity index (χ0n) is 29.3. The van der Waals surface area contributed by atoms with Crippen LogP contribution in [0.1, 0.15) is 61.2 Å². The van der Waals surface area contributed by atoms with Gasteiger partial charge in [0.25, 0.3) is 0 Å². The van der Waals surface area contributed by atoms with Gasteiger partial charge in [-0.3, -0.25) is 4.79 Å². The molecule has 0 saturated heterocycles. The van der Waals surface area contributed by atoms with Gasteiger partial charge in [0.1, 0.15) is 18.5 Å². The van der Waals surface area contributed by atoms with Crippen molar-refractivity contribution < 1.29 is 31.9 Å². The summed E-state index contributed by atoms with van der Waals surface area (Å²) in [6.07, 6.45) is 0.409. The van der Waals surface area contributed by atoms with E-state index in [0.29, 0.717) is 53.5 Å². The van der Waals surface area contributed by atoms with Crippen molar-refractivity contribution in [1.82, 2.24) is 30.0 Å². The van der Waals surface area contributed by atoms with Gasteiger partial charge < -0.3 is 25.7 Å². The van der Waals surface area contributed by atoms with Crippen LogP contribution in [0.15, 0.2) is 48.9 Å². The summed E-state index contributed by atoms with van der Waals surface area (Å²) >= 11 is 0. The van der Waals surface area contributed by atoms with Gasteiger partial charge in [0.05, 0.1) is 34.7 Å². The number of fused-ring (bicyclic) bond motifs is 2. The number of rotatable bonds is 11. The van der Waals surface area contributed by atoms with Crippen LogP contribution in [0.3, 0.4) is 0 Å². The zero-order chi connectivity index (χ0) is 37.3. The van der Waals surface area contributed by atoms with Crippen LogP contribution < -0.4 is 16.0 Å². The van der Waals surface area contributed by atoms with E-state index in [-0.39, 0.29) is 37.1 Å². The molecule has 0 bridgehead atoms. The summed E-state index contributed by atoms with van der Waals surface area (Å²) in [5, 5.41) is 8.17. The molecular formula is C37H40F4N8O3. The topological polar surface area (TPSA) is 144 Å². The number of esters is 1. The Morgan fingerprint density at radius 3 is 2.38 bits per heavy atom. The summed E-state index contributed by atoms with van der Waals surface area (Å²) in [5.74, 6) is -1.94. The molecule has 52 heavy (non-hydrogen) atoms. The summed E-state index contributed by atoms with van der Waals surface area (Å²) in [7, 11) is 0. The number of carbonyl (C=O) groups is 2. The molecule has 0 radical (unpaired) electrons. The molecule has 2 aromatic carbocycles. The summed E-state index contributed by atoms with van der Waals surface area (Å²) in [6, 6.07) is 8.14. The van der Waals surface area contributed by atoms with E-state index >= 15 is 4.39 Å². The number of anilines is 1. The summed E-state index contributed by atoms with van der Waals surface area (Å²) in [5.41, 5.74) is 10.4. The summed E-state index contributed by atoms with van der Waals surface area (Å²) in [4.78, 5) is 38.0. The number of para-hydroxylation sites is 1. The molecule has 1 unspecified atom stereocenters. The maximum absolute atomic E-state index is 16.8. The van der Waals surface area contributed by atoms with E-state index in [2.05, 4.69) is 20.3 Å². The van der Waals surface area contributed by atoms with Crippen LogP contribution in [0.25, 0.3) is 27.8 Å². The molecule has 4 N–H and O–H groups in total. The Hall–Kier alpha value is -5.31. The van der Waals surface area contributed by atoms with Crippen molar-refractivity contribution in [3.63, 3.8) is 0 Å². The molecule has 11 nitrogen and oxygen atoms in total. The molecule has 5 aromatic rings. The fraction of sp³-hybridized carbons (Fsp3) is 0.378. The van der Waals surface area contributed by atoms with Crippen LogP contribution in [-0.2, 0) is 52.9 Å². The Labute approximate surface area is 297 Å². The lowest BCUT2D eigenvalue weighted by atomic mass is 9.95. The highest BCUT2D eigenvalue weighted by Crippen LogP contribution is 2.41. The standard InChI is InChI=1S/C37H40F4N8O3/c1-5-21-8-7-9-22(6-2)33(21)49-34(26-18-48(13-11-28(26)47-49)36-44-16-24(17-45-36)37(39,40)41)30-25-10-12-43-32(25)23(14-27(30)38)19-52-35(51)31(20(3)4)46-29(50)15-42/h7-10,12,14,16-17,20,31,43H,5-6,11,13,15,18-19,42H2,1-4H3,(H,46,50). The highest BCUT2D eigenvalue weighted by atomic mass is 19.4. The molecule has 0 saturated carbocycles. The number of ether oxygens (including phenoxy) is 1. The Kier molecular flexibility index (Phi) is 10.3. The van der Waals surface area contributed by atoms with Gasteiger partial charge in [-0.1, -0.05) is 45.9 Å². The van der Waals surface area contributed by atoms with Gasteiger partial charge in [-0.2, -0.15) is 18.3 Å². The highest BCUT2D eigenvalue weighted by Gasteiger charge is 2.34. The highest BCUT2D eigenvalue weighted by molar-refractivity contribution is 5.98. The van der Waals surface area contributed by atoms with Gasteiger partial charge in [-0.25, -0.2) is 23.8 Å². The second-order valence-corrected chi connectivity index (χ2v) is 13.0. The first-order chi connectivity index (χ1) is 24.9. The first-order valence-electron chi connectivity index (χ1n) is 17.2. The lowest BCUT2D eigenvalue weighted by molar-refractivity contribution is -0.150. The largest absolute Gasteiger partial charge is 0.459 e. The third kappa shape index (κ3) is 6.96. The number of aromatic nitrogens is 5. The molecular weight excluding hydrogens is 680 g/mol. The monoisotopic (exact) mass is 720 g/mol. The smallest absolute Gasteiger partial charge is 0.419 e. The maximum atomic E-state index is 16.8. The molecule has 0 spiro atoms. The average Bonchev–Trinajstić information content (AvgIpc) is 3.77. The molecule has 6 rings (SSSR count). The van der Waals surface area contributed by atoms with Gasteiger partial charge in [0, 0.05) is 60.2 Å². The first kappa shape index (κ1) is 36.5. The number of nitrogens with one attached hydrogen (secondary N) is 2. The fourth-order valence-corrected chi connectivity index (χ4v) is 6.67. The zero-order valence-corrected chi connectivity index (χ0v) is 29.3. The van der Waals surface area contributed by atoms with Crippen molar-refractivity contribution in [2.45, 2.75) is 72.3 Å². The molecule has 1 atom stereocenters. The molecule has 15 heteroatoms. The maximum Gasteiger partial charge on any atom is 0.419 e. The summed E-state index contributed by atoms with van der Waals surface area (Å²) < 4.78 is 64.1. The van der Waals surface area contributed by atoms with E-state index < -0.39 is 35.5 Å². The number of nitrogens with zero attached hydrogens (tertiary/aromatic N) is 5. The minimum atomic E-state index is -4.58. The average molecular weight is 721 g/mol. The second-order valence-electron chi connectivity index (χ2n) is 13.0. The summed E-state index contributed by atoms with van der Waals surface area (Å²) in [6.45, 7) is 7.59. The number of hydrogen-bond donors (Lipinski definition) is 3. The van der Waals surface area contributed by atoms with Gasteiger partial charge in [-0.15, -0.1) is 0 Å². The number of aromatic amines is 1. The fourth-order valence-electron chi connectivity index (χ4n) is 6.67. The number of carbonyl (C=O) groups excluding carboxylic acids is 2.